The Kier molecular flexibility index (Phi) is 5.08. The normalized spacial score (nSPS) is 11.4. The van der Waals surface area contributed by atoms with Gasteiger partial charge >= 0.3 is 0 Å². The highest BCUT2D eigenvalue weighted by molar-refractivity contribution is 5.61. The third kappa shape index (κ3) is 3.52. The fourth-order valence-corrected chi connectivity index (χ4v) is 1.89. The van der Waals surface area contributed by atoms with Crippen LogP contribution in [-0.2, 0) is 6.42 Å². The summed E-state index contributed by atoms with van der Waals surface area (Å²) in [6.45, 7) is 6.39. The summed E-state index contributed by atoms with van der Waals surface area (Å²) in [4.78, 5) is 0. The summed E-state index contributed by atoms with van der Waals surface area (Å²) in [5, 5.41) is 9.80. The molecule has 0 spiro atoms. The molecule has 0 aliphatic carbocycles. The maximum Gasteiger partial charge on any atom is 0.164 e. The first-order valence-electron chi connectivity index (χ1n) is 6.11. The molecule has 2 heteroatoms. The summed E-state index contributed by atoms with van der Waals surface area (Å²) in [5.41, 5.74) is 2.22. The van der Waals surface area contributed by atoms with Crippen molar-refractivity contribution >= 4 is 6.08 Å². The maximum atomic E-state index is 9.80. The quantitative estimate of drug-likeness (QED) is 0.833. The molecule has 0 saturated heterocycles. The smallest absolute Gasteiger partial charge is 0.164 e. The molecule has 0 saturated carbocycles. The number of hydrogen-bond acceptors (Lipinski definition) is 2. The Bertz CT molecular complexity index is 392. The summed E-state index contributed by atoms with van der Waals surface area (Å²) >= 11 is 0. The molecule has 0 aliphatic rings. The Hall–Kier alpha value is -1.44. The monoisotopic (exact) mass is 234 g/mol. The minimum absolute atomic E-state index is 0.222. The minimum atomic E-state index is 0.222. The van der Waals surface area contributed by atoms with Crippen LogP contribution in [0.25, 0.3) is 6.08 Å². The van der Waals surface area contributed by atoms with Crippen LogP contribution in [0.15, 0.2) is 18.2 Å². The summed E-state index contributed by atoms with van der Waals surface area (Å²) in [5.74, 6) is 1.47. The first kappa shape index (κ1) is 13.6. The van der Waals surface area contributed by atoms with Crippen LogP contribution in [0.5, 0.6) is 11.5 Å². The highest BCUT2D eigenvalue weighted by atomic mass is 16.5. The topological polar surface area (TPSA) is 29.5 Å². The molecule has 0 amide bonds. The van der Waals surface area contributed by atoms with Crippen molar-refractivity contribution in [2.75, 3.05) is 7.11 Å². The summed E-state index contributed by atoms with van der Waals surface area (Å²) in [7, 11) is 1.60. The van der Waals surface area contributed by atoms with Gasteiger partial charge in [-0.1, -0.05) is 32.1 Å². The van der Waals surface area contributed by atoms with Crippen LogP contribution in [0.3, 0.4) is 0 Å². The molecule has 1 aromatic rings. The van der Waals surface area contributed by atoms with Crippen molar-refractivity contribution < 1.29 is 9.84 Å². The van der Waals surface area contributed by atoms with Crippen molar-refractivity contribution in [3.05, 3.63) is 29.3 Å². The largest absolute Gasteiger partial charge is 0.504 e. The number of allylic oxidation sites excluding steroid dienone is 1. The van der Waals surface area contributed by atoms with Crippen LogP contribution < -0.4 is 4.74 Å². The highest BCUT2D eigenvalue weighted by Gasteiger charge is 2.12. The standard InChI is InChI=1S/C15H22O2/c1-5-6-12-8-10-14(16)15(17-4)13(12)9-7-11(2)3/h5-6,8,10-11,16H,7,9H2,1-4H3/b6-5+. The number of benzene rings is 1. The summed E-state index contributed by atoms with van der Waals surface area (Å²) in [6, 6.07) is 3.63. The van der Waals surface area contributed by atoms with Crippen molar-refractivity contribution in [2.24, 2.45) is 5.92 Å². The summed E-state index contributed by atoms with van der Waals surface area (Å²) < 4.78 is 5.31. The first-order chi connectivity index (χ1) is 8.10. The minimum Gasteiger partial charge on any atom is -0.504 e. The zero-order chi connectivity index (χ0) is 12.8. The number of hydrogen-bond donors (Lipinski definition) is 1. The second-order valence-electron chi connectivity index (χ2n) is 4.62. The van der Waals surface area contributed by atoms with Crippen molar-refractivity contribution in [3.8, 4) is 11.5 Å². The predicted octanol–water partition coefficient (Wildman–Crippen LogP) is 4.02. The van der Waals surface area contributed by atoms with Gasteiger partial charge < -0.3 is 9.84 Å². The SMILES string of the molecule is C/C=C/c1ccc(O)c(OC)c1CCC(C)C. The molecule has 0 aliphatic heterocycles. The Labute approximate surface area is 104 Å². The van der Waals surface area contributed by atoms with E-state index < -0.39 is 0 Å². The molecule has 0 aromatic heterocycles. The van der Waals surface area contributed by atoms with E-state index in [9.17, 15) is 5.11 Å². The first-order valence-corrected chi connectivity index (χ1v) is 6.11. The van der Waals surface area contributed by atoms with Gasteiger partial charge in [-0.3, -0.25) is 0 Å². The lowest BCUT2D eigenvalue weighted by molar-refractivity contribution is 0.368. The third-order valence-electron chi connectivity index (χ3n) is 2.80. The van der Waals surface area contributed by atoms with E-state index in [0.29, 0.717) is 11.7 Å². The van der Waals surface area contributed by atoms with Crippen LogP contribution in [0.4, 0.5) is 0 Å². The average Bonchev–Trinajstić information content (AvgIpc) is 2.29. The fourth-order valence-electron chi connectivity index (χ4n) is 1.89. The molecule has 94 valence electrons. The van der Waals surface area contributed by atoms with Gasteiger partial charge in [-0.2, -0.15) is 0 Å². The third-order valence-corrected chi connectivity index (χ3v) is 2.80. The van der Waals surface area contributed by atoms with E-state index in [4.69, 9.17) is 4.74 Å². The van der Waals surface area contributed by atoms with Gasteiger partial charge in [-0.05, 0) is 37.3 Å². The van der Waals surface area contributed by atoms with E-state index in [1.54, 1.807) is 13.2 Å². The van der Waals surface area contributed by atoms with E-state index in [1.807, 2.05) is 19.1 Å². The molecule has 0 bridgehead atoms. The van der Waals surface area contributed by atoms with Gasteiger partial charge in [-0.15, -0.1) is 0 Å². The Morgan fingerprint density at radius 3 is 2.59 bits per heavy atom. The lowest BCUT2D eigenvalue weighted by atomic mass is 9.97. The molecular formula is C15H22O2. The molecule has 0 heterocycles. The van der Waals surface area contributed by atoms with Gasteiger partial charge in [0.2, 0.25) is 0 Å². The second-order valence-corrected chi connectivity index (χ2v) is 4.62. The van der Waals surface area contributed by atoms with E-state index in [1.165, 1.54) is 0 Å². The van der Waals surface area contributed by atoms with Crippen LogP contribution in [0.2, 0.25) is 0 Å². The van der Waals surface area contributed by atoms with Crippen LogP contribution in [-0.4, -0.2) is 12.2 Å². The van der Waals surface area contributed by atoms with E-state index >= 15 is 0 Å². The Morgan fingerprint density at radius 1 is 1.35 bits per heavy atom. The van der Waals surface area contributed by atoms with Crippen LogP contribution >= 0.6 is 0 Å². The van der Waals surface area contributed by atoms with Crippen LogP contribution in [0, 0.1) is 5.92 Å². The van der Waals surface area contributed by atoms with Crippen molar-refractivity contribution in [1.29, 1.82) is 0 Å². The van der Waals surface area contributed by atoms with Crippen molar-refractivity contribution in [2.45, 2.75) is 33.6 Å². The second kappa shape index (κ2) is 6.33. The zero-order valence-electron chi connectivity index (χ0n) is 11.2. The summed E-state index contributed by atoms with van der Waals surface area (Å²) in [6.07, 6.45) is 6.07. The van der Waals surface area contributed by atoms with Gasteiger partial charge in [0.25, 0.3) is 0 Å². The molecule has 0 radical (unpaired) electrons. The molecule has 1 aromatic carbocycles. The fraction of sp³-hybridized carbons (Fsp3) is 0.467. The lowest BCUT2D eigenvalue weighted by Gasteiger charge is -2.14. The Balaban J connectivity index is 3.14. The molecule has 17 heavy (non-hydrogen) atoms. The van der Waals surface area contributed by atoms with Gasteiger partial charge in [0.05, 0.1) is 7.11 Å². The molecule has 1 rings (SSSR count). The molecule has 2 nitrogen and oxygen atoms in total. The van der Waals surface area contributed by atoms with Crippen molar-refractivity contribution in [3.63, 3.8) is 0 Å². The Morgan fingerprint density at radius 2 is 2.06 bits per heavy atom. The number of ether oxygens (including phenoxy) is 1. The number of rotatable bonds is 5. The van der Waals surface area contributed by atoms with Crippen molar-refractivity contribution in [1.82, 2.24) is 0 Å². The number of phenols is 1. The number of aromatic hydroxyl groups is 1. The molecule has 1 N–H and O–H groups in total. The predicted molar refractivity (Wildman–Crippen MR) is 72.5 cm³/mol. The van der Waals surface area contributed by atoms with Gasteiger partial charge in [0, 0.05) is 5.56 Å². The average molecular weight is 234 g/mol. The zero-order valence-corrected chi connectivity index (χ0v) is 11.2. The molecular weight excluding hydrogens is 212 g/mol. The maximum absolute atomic E-state index is 9.80. The van der Waals surface area contributed by atoms with E-state index in [2.05, 4.69) is 19.9 Å². The van der Waals surface area contributed by atoms with Crippen LogP contribution in [0.1, 0.15) is 38.3 Å². The molecule has 0 atom stereocenters. The van der Waals surface area contributed by atoms with E-state index in [-0.39, 0.29) is 5.75 Å². The van der Waals surface area contributed by atoms with E-state index in [0.717, 1.165) is 24.0 Å². The van der Waals surface area contributed by atoms with Gasteiger partial charge in [0.15, 0.2) is 11.5 Å². The molecule has 0 fully saturated rings. The number of phenolic OH excluding ortho intramolecular Hbond substituents is 1. The lowest BCUT2D eigenvalue weighted by Crippen LogP contribution is -1.99. The van der Waals surface area contributed by atoms with Gasteiger partial charge in [0.1, 0.15) is 0 Å². The van der Waals surface area contributed by atoms with Gasteiger partial charge in [-0.25, -0.2) is 0 Å². The number of methoxy groups -OCH3 is 1. The molecule has 0 unspecified atom stereocenters. The highest BCUT2D eigenvalue weighted by Crippen LogP contribution is 2.34.